The Bertz CT molecular complexity index is 849. The number of hydrogen-bond acceptors (Lipinski definition) is 6. The molecule has 0 saturated carbocycles. The van der Waals surface area contributed by atoms with Gasteiger partial charge in [0.15, 0.2) is 5.82 Å². The second-order valence-electron chi connectivity index (χ2n) is 7.79. The first-order valence-corrected chi connectivity index (χ1v) is 10.2. The van der Waals surface area contributed by atoms with Crippen molar-refractivity contribution in [2.75, 3.05) is 20.2 Å². The third-order valence-corrected chi connectivity index (χ3v) is 5.41. The van der Waals surface area contributed by atoms with Crippen molar-refractivity contribution in [3.63, 3.8) is 0 Å². The Morgan fingerprint density at radius 1 is 1.28 bits per heavy atom. The van der Waals surface area contributed by atoms with Crippen LogP contribution in [0.3, 0.4) is 0 Å². The molecule has 2 aromatic rings. The zero-order valence-electron chi connectivity index (χ0n) is 17.7. The van der Waals surface area contributed by atoms with Gasteiger partial charge in [0.25, 0.3) is 0 Å². The molecule has 1 amide bonds. The summed E-state index contributed by atoms with van der Waals surface area (Å²) in [6, 6.07) is 5.15. The van der Waals surface area contributed by atoms with Crippen molar-refractivity contribution < 1.29 is 14.6 Å². The topological polar surface area (TPSA) is 92.5 Å². The fraction of sp³-hybridized carbons (Fsp3) is 0.571. The molecule has 29 heavy (non-hydrogen) atoms. The van der Waals surface area contributed by atoms with Gasteiger partial charge in [-0.3, -0.25) is 9.69 Å². The number of amides is 1. The third kappa shape index (κ3) is 4.87. The van der Waals surface area contributed by atoms with Crippen LogP contribution in [0.1, 0.15) is 50.4 Å². The van der Waals surface area contributed by atoms with Crippen molar-refractivity contribution in [3.8, 4) is 11.5 Å². The molecule has 2 N–H and O–H groups in total. The molecule has 0 saturated heterocycles. The van der Waals surface area contributed by atoms with Crippen molar-refractivity contribution >= 4 is 5.91 Å². The smallest absolute Gasteiger partial charge is 0.220 e. The first-order chi connectivity index (χ1) is 13.9. The molecule has 0 bridgehead atoms. The van der Waals surface area contributed by atoms with Crippen molar-refractivity contribution in [1.82, 2.24) is 25.0 Å². The number of phenolic OH excluding ortho intramolecular Hbond substituents is 1. The van der Waals surface area contributed by atoms with Gasteiger partial charge >= 0.3 is 0 Å². The van der Waals surface area contributed by atoms with Gasteiger partial charge in [-0.25, -0.2) is 0 Å². The van der Waals surface area contributed by atoms with Gasteiger partial charge < -0.3 is 19.7 Å². The first-order valence-electron chi connectivity index (χ1n) is 10.2. The maximum absolute atomic E-state index is 12.0. The minimum Gasteiger partial charge on any atom is -0.508 e. The van der Waals surface area contributed by atoms with Crippen LogP contribution in [0, 0.1) is 5.92 Å². The van der Waals surface area contributed by atoms with E-state index in [-0.39, 0.29) is 23.6 Å². The maximum Gasteiger partial charge on any atom is 0.220 e. The lowest BCUT2D eigenvalue weighted by atomic mass is 10.0. The average molecular weight is 402 g/mol. The van der Waals surface area contributed by atoms with Crippen molar-refractivity contribution in [2.45, 2.75) is 52.7 Å². The van der Waals surface area contributed by atoms with E-state index in [2.05, 4.69) is 38.8 Å². The average Bonchev–Trinajstić information content (AvgIpc) is 3.00. The zero-order valence-corrected chi connectivity index (χ0v) is 17.7. The molecule has 0 radical (unpaired) electrons. The highest BCUT2D eigenvalue weighted by Gasteiger charge is 2.27. The standard InChI is InChI=1S/C21H31N5O3/c1-5-19(28)22-20(14(2)3)21-24-23-18-8-9-25(10-11-26(18)21)13-15-12-16(29-4)6-7-17(15)27/h6-7,12,14,20,27H,5,8-11,13H2,1-4H3,(H,22,28)/t20-/m1/s1. The van der Waals surface area contributed by atoms with Crippen LogP contribution in [0.25, 0.3) is 0 Å². The summed E-state index contributed by atoms with van der Waals surface area (Å²) in [7, 11) is 1.62. The first kappa shape index (κ1) is 21.1. The van der Waals surface area contributed by atoms with Crippen LogP contribution in [0.4, 0.5) is 0 Å². The van der Waals surface area contributed by atoms with Crippen LogP contribution in [0.2, 0.25) is 0 Å². The van der Waals surface area contributed by atoms with E-state index in [1.807, 2.05) is 13.0 Å². The van der Waals surface area contributed by atoms with Gasteiger partial charge in [0.2, 0.25) is 5.91 Å². The normalized spacial score (nSPS) is 15.6. The molecule has 158 valence electrons. The molecule has 0 unspecified atom stereocenters. The Morgan fingerprint density at radius 3 is 2.76 bits per heavy atom. The highest BCUT2D eigenvalue weighted by Crippen LogP contribution is 2.26. The van der Waals surface area contributed by atoms with E-state index in [1.54, 1.807) is 19.2 Å². The van der Waals surface area contributed by atoms with Crippen LogP contribution in [0.5, 0.6) is 11.5 Å². The summed E-state index contributed by atoms with van der Waals surface area (Å²) in [5.41, 5.74) is 0.845. The zero-order chi connectivity index (χ0) is 21.0. The van der Waals surface area contributed by atoms with Crippen LogP contribution in [-0.4, -0.2) is 50.9 Å². The van der Waals surface area contributed by atoms with Crippen molar-refractivity contribution in [3.05, 3.63) is 35.4 Å². The van der Waals surface area contributed by atoms with E-state index in [0.717, 1.165) is 49.0 Å². The number of fused-ring (bicyclic) bond motifs is 1. The third-order valence-electron chi connectivity index (χ3n) is 5.41. The summed E-state index contributed by atoms with van der Waals surface area (Å²) in [6.45, 7) is 9.02. The van der Waals surface area contributed by atoms with E-state index in [9.17, 15) is 9.90 Å². The minimum atomic E-state index is -0.155. The number of carbonyl (C=O) groups is 1. The fourth-order valence-corrected chi connectivity index (χ4v) is 3.64. The Labute approximate surface area is 171 Å². The lowest BCUT2D eigenvalue weighted by Gasteiger charge is -2.23. The summed E-state index contributed by atoms with van der Waals surface area (Å²) in [5.74, 6) is 3.00. The summed E-state index contributed by atoms with van der Waals surface area (Å²) >= 11 is 0. The van der Waals surface area contributed by atoms with Crippen LogP contribution in [0.15, 0.2) is 18.2 Å². The van der Waals surface area contributed by atoms with Gasteiger partial charge in [0, 0.05) is 44.6 Å². The SMILES string of the molecule is CCC(=O)N[C@@H](c1nnc2n1CCN(Cc1cc(OC)ccc1O)CC2)C(C)C. The van der Waals surface area contributed by atoms with Gasteiger partial charge in [-0.15, -0.1) is 10.2 Å². The number of rotatable bonds is 7. The second kappa shape index (κ2) is 9.26. The summed E-state index contributed by atoms with van der Waals surface area (Å²) in [5, 5.41) is 22.1. The van der Waals surface area contributed by atoms with E-state index in [0.29, 0.717) is 13.0 Å². The molecule has 0 spiro atoms. The number of aromatic hydroxyl groups is 1. The monoisotopic (exact) mass is 401 g/mol. The number of phenols is 1. The van der Waals surface area contributed by atoms with Crippen LogP contribution in [-0.2, 0) is 24.3 Å². The Kier molecular flexibility index (Phi) is 6.74. The molecule has 1 aliphatic rings. The number of hydrogen-bond donors (Lipinski definition) is 2. The predicted molar refractivity (Wildman–Crippen MR) is 110 cm³/mol. The number of benzene rings is 1. The number of methoxy groups -OCH3 is 1. The fourth-order valence-electron chi connectivity index (χ4n) is 3.64. The molecule has 1 atom stereocenters. The van der Waals surface area contributed by atoms with E-state index >= 15 is 0 Å². The number of ether oxygens (including phenoxy) is 1. The highest BCUT2D eigenvalue weighted by molar-refractivity contribution is 5.75. The molecular weight excluding hydrogens is 370 g/mol. The Morgan fingerprint density at radius 2 is 2.07 bits per heavy atom. The van der Waals surface area contributed by atoms with E-state index < -0.39 is 0 Å². The molecule has 1 aromatic heterocycles. The maximum atomic E-state index is 12.0. The van der Waals surface area contributed by atoms with Crippen LogP contribution < -0.4 is 10.1 Å². The summed E-state index contributed by atoms with van der Waals surface area (Å²) < 4.78 is 7.43. The van der Waals surface area contributed by atoms with Gasteiger partial charge in [-0.2, -0.15) is 0 Å². The van der Waals surface area contributed by atoms with Crippen LogP contribution >= 0.6 is 0 Å². The largest absolute Gasteiger partial charge is 0.508 e. The molecule has 2 heterocycles. The van der Waals surface area contributed by atoms with Gasteiger partial charge in [-0.05, 0) is 24.1 Å². The van der Waals surface area contributed by atoms with Crippen molar-refractivity contribution in [1.29, 1.82) is 0 Å². The molecule has 8 heteroatoms. The minimum absolute atomic E-state index is 0.0183. The van der Waals surface area contributed by atoms with Crippen molar-refractivity contribution in [2.24, 2.45) is 5.92 Å². The van der Waals surface area contributed by atoms with E-state index in [4.69, 9.17) is 4.74 Å². The Balaban J connectivity index is 1.75. The molecule has 8 nitrogen and oxygen atoms in total. The molecule has 1 aliphatic heterocycles. The molecule has 0 aliphatic carbocycles. The number of aromatic nitrogens is 3. The number of carbonyl (C=O) groups excluding carboxylic acids is 1. The lowest BCUT2D eigenvalue weighted by molar-refractivity contribution is -0.121. The molecule has 3 rings (SSSR count). The van der Waals surface area contributed by atoms with E-state index in [1.165, 1.54) is 0 Å². The summed E-state index contributed by atoms with van der Waals surface area (Å²) in [6.07, 6.45) is 1.21. The predicted octanol–water partition coefficient (Wildman–Crippen LogP) is 2.27. The quantitative estimate of drug-likeness (QED) is 0.739. The number of nitrogens with zero attached hydrogens (tertiary/aromatic N) is 4. The lowest BCUT2D eigenvalue weighted by Crippen LogP contribution is -2.34. The molecule has 1 aromatic carbocycles. The van der Waals surface area contributed by atoms with Gasteiger partial charge in [0.05, 0.1) is 13.2 Å². The summed E-state index contributed by atoms with van der Waals surface area (Å²) in [4.78, 5) is 14.3. The highest BCUT2D eigenvalue weighted by atomic mass is 16.5. The Hall–Kier alpha value is -2.61. The molecular formula is C21H31N5O3. The van der Waals surface area contributed by atoms with Gasteiger partial charge in [-0.1, -0.05) is 20.8 Å². The van der Waals surface area contributed by atoms with Gasteiger partial charge in [0.1, 0.15) is 17.3 Å². The molecule has 0 fully saturated rings. The second-order valence-corrected chi connectivity index (χ2v) is 7.79. The number of nitrogens with one attached hydrogen (secondary N) is 1.